The van der Waals surface area contributed by atoms with E-state index in [-0.39, 0.29) is 17.5 Å². The third-order valence-electron chi connectivity index (χ3n) is 3.24. The second-order valence-electron chi connectivity index (χ2n) is 6.14. The summed E-state index contributed by atoms with van der Waals surface area (Å²) in [6.07, 6.45) is -0.420. The SMILES string of the molecule is CC(C)(C)OC(=O)N1CCNCC1c1cc(O)ccc1O. The summed E-state index contributed by atoms with van der Waals surface area (Å²) in [5.74, 6) is 0.104. The maximum absolute atomic E-state index is 12.3. The van der Waals surface area contributed by atoms with Gasteiger partial charge in [-0.3, -0.25) is 4.90 Å². The Balaban J connectivity index is 2.27. The van der Waals surface area contributed by atoms with E-state index in [1.54, 1.807) is 4.90 Å². The molecule has 1 fully saturated rings. The fraction of sp³-hybridized carbons (Fsp3) is 0.533. The Morgan fingerprint density at radius 2 is 2.10 bits per heavy atom. The van der Waals surface area contributed by atoms with Crippen LogP contribution in [0.1, 0.15) is 32.4 Å². The molecule has 1 aliphatic rings. The number of piperazine rings is 1. The van der Waals surface area contributed by atoms with Gasteiger partial charge in [-0.05, 0) is 39.0 Å². The molecular formula is C15H22N2O4. The van der Waals surface area contributed by atoms with Gasteiger partial charge in [-0.1, -0.05) is 0 Å². The lowest BCUT2D eigenvalue weighted by Gasteiger charge is -2.37. The molecule has 3 N–H and O–H groups in total. The molecule has 1 amide bonds. The van der Waals surface area contributed by atoms with Crippen molar-refractivity contribution in [2.75, 3.05) is 19.6 Å². The highest BCUT2D eigenvalue weighted by atomic mass is 16.6. The molecule has 1 aliphatic heterocycles. The monoisotopic (exact) mass is 294 g/mol. The van der Waals surface area contributed by atoms with E-state index in [1.165, 1.54) is 18.2 Å². The molecule has 0 aromatic heterocycles. The minimum atomic E-state index is -0.576. The molecule has 0 spiro atoms. The van der Waals surface area contributed by atoms with Gasteiger partial charge in [0.25, 0.3) is 0 Å². The van der Waals surface area contributed by atoms with Gasteiger partial charge in [0, 0.05) is 25.2 Å². The van der Waals surface area contributed by atoms with Crippen molar-refractivity contribution in [2.24, 2.45) is 0 Å². The van der Waals surface area contributed by atoms with Crippen LogP contribution in [0.2, 0.25) is 0 Å². The molecule has 1 unspecified atom stereocenters. The van der Waals surface area contributed by atoms with E-state index in [9.17, 15) is 15.0 Å². The number of aromatic hydroxyl groups is 2. The number of nitrogens with one attached hydrogen (secondary N) is 1. The average Bonchev–Trinajstić information content (AvgIpc) is 2.39. The van der Waals surface area contributed by atoms with Crippen LogP contribution in [0.4, 0.5) is 4.79 Å². The van der Waals surface area contributed by atoms with Crippen LogP contribution in [0.15, 0.2) is 18.2 Å². The van der Waals surface area contributed by atoms with Crippen molar-refractivity contribution in [3.8, 4) is 11.5 Å². The lowest BCUT2D eigenvalue weighted by Crippen LogP contribution is -2.50. The zero-order valence-electron chi connectivity index (χ0n) is 12.6. The third-order valence-corrected chi connectivity index (χ3v) is 3.24. The summed E-state index contributed by atoms with van der Waals surface area (Å²) in [7, 11) is 0. The summed E-state index contributed by atoms with van der Waals surface area (Å²) >= 11 is 0. The third kappa shape index (κ3) is 3.78. The Labute approximate surface area is 124 Å². The number of carbonyl (C=O) groups excluding carboxylic acids is 1. The molecule has 2 rings (SSSR count). The van der Waals surface area contributed by atoms with E-state index in [0.29, 0.717) is 25.2 Å². The predicted molar refractivity (Wildman–Crippen MR) is 78.3 cm³/mol. The first kappa shape index (κ1) is 15.4. The summed E-state index contributed by atoms with van der Waals surface area (Å²) in [4.78, 5) is 13.9. The van der Waals surface area contributed by atoms with Gasteiger partial charge in [-0.25, -0.2) is 4.79 Å². The topological polar surface area (TPSA) is 82.0 Å². The number of ether oxygens (including phenoxy) is 1. The minimum Gasteiger partial charge on any atom is -0.508 e. The molecule has 1 saturated heterocycles. The van der Waals surface area contributed by atoms with Crippen molar-refractivity contribution in [2.45, 2.75) is 32.4 Å². The van der Waals surface area contributed by atoms with Crippen LogP contribution in [0.3, 0.4) is 0 Å². The van der Waals surface area contributed by atoms with Crippen LogP contribution in [0.5, 0.6) is 11.5 Å². The van der Waals surface area contributed by atoms with E-state index in [2.05, 4.69) is 5.32 Å². The van der Waals surface area contributed by atoms with Crippen LogP contribution < -0.4 is 5.32 Å². The maximum Gasteiger partial charge on any atom is 0.410 e. The van der Waals surface area contributed by atoms with E-state index in [4.69, 9.17) is 4.74 Å². The standard InChI is InChI=1S/C15H22N2O4/c1-15(2,3)21-14(20)17-7-6-16-9-12(17)11-8-10(18)4-5-13(11)19/h4-5,8,12,16,18-19H,6-7,9H2,1-3H3. The number of phenols is 2. The zero-order chi connectivity index (χ0) is 15.6. The van der Waals surface area contributed by atoms with Crippen LogP contribution in [0.25, 0.3) is 0 Å². The maximum atomic E-state index is 12.3. The quantitative estimate of drug-likeness (QED) is 0.690. The van der Waals surface area contributed by atoms with E-state index < -0.39 is 11.7 Å². The van der Waals surface area contributed by atoms with Crippen LogP contribution in [-0.2, 0) is 4.74 Å². The van der Waals surface area contributed by atoms with E-state index in [1.807, 2.05) is 20.8 Å². The molecule has 1 atom stereocenters. The number of rotatable bonds is 1. The molecule has 116 valence electrons. The predicted octanol–water partition coefficient (Wildman–Crippen LogP) is 1.98. The molecule has 1 aromatic carbocycles. The van der Waals surface area contributed by atoms with Gasteiger partial charge in [-0.15, -0.1) is 0 Å². The Kier molecular flexibility index (Phi) is 4.27. The molecule has 0 radical (unpaired) electrons. The minimum absolute atomic E-state index is 0.0510. The molecule has 0 saturated carbocycles. The molecule has 21 heavy (non-hydrogen) atoms. The van der Waals surface area contributed by atoms with Gasteiger partial charge in [0.05, 0.1) is 6.04 Å². The van der Waals surface area contributed by atoms with Crippen molar-refractivity contribution < 1.29 is 19.7 Å². The number of nitrogens with zero attached hydrogens (tertiary/aromatic N) is 1. The van der Waals surface area contributed by atoms with Gasteiger partial charge < -0.3 is 20.3 Å². The van der Waals surface area contributed by atoms with Gasteiger partial charge in [0.2, 0.25) is 0 Å². The molecule has 1 heterocycles. The largest absolute Gasteiger partial charge is 0.508 e. The first-order valence-electron chi connectivity index (χ1n) is 7.00. The van der Waals surface area contributed by atoms with E-state index in [0.717, 1.165) is 0 Å². The smallest absolute Gasteiger partial charge is 0.410 e. The van der Waals surface area contributed by atoms with Crippen molar-refractivity contribution >= 4 is 6.09 Å². The second kappa shape index (κ2) is 5.81. The van der Waals surface area contributed by atoms with Gasteiger partial charge in [0.1, 0.15) is 17.1 Å². The Bertz CT molecular complexity index is 525. The van der Waals surface area contributed by atoms with Crippen molar-refractivity contribution in [1.29, 1.82) is 0 Å². The summed E-state index contributed by atoms with van der Waals surface area (Å²) in [6, 6.07) is 3.93. The van der Waals surface area contributed by atoms with Crippen molar-refractivity contribution in [3.63, 3.8) is 0 Å². The van der Waals surface area contributed by atoms with Gasteiger partial charge in [0.15, 0.2) is 0 Å². The van der Waals surface area contributed by atoms with Crippen LogP contribution >= 0.6 is 0 Å². The summed E-state index contributed by atoms with van der Waals surface area (Å²) in [5.41, 5.74) is -0.0685. The summed E-state index contributed by atoms with van der Waals surface area (Å²) in [6.45, 7) is 7.08. The van der Waals surface area contributed by atoms with E-state index >= 15 is 0 Å². The molecule has 1 aromatic rings. The molecule has 0 aliphatic carbocycles. The Morgan fingerprint density at radius 3 is 2.76 bits per heavy atom. The fourth-order valence-corrected chi connectivity index (χ4v) is 2.33. The van der Waals surface area contributed by atoms with Crippen molar-refractivity contribution in [1.82, 2.24) is 10.2 Å². The average molecular weight is 294 g/mol. The summed E-state index contributed by atoms with van der Waals surface area (Å²) < 4.78 is 5.41. The highest BCUT2D eigenvalue weighted by Crippen LogP contribution is 2.33. The van der Waals surface area contributed by atoms with Crippen molar-refractivity contribution in [3.05, 3.63) is 23.8 Å². The Morgan fingerprint density at radius 1 is 1.38 bits per heavy atom. The normalized spacial score (nSPS) is 19.4. The first-order valence-corrected chi connectivity index (χ1v) is 7.00. The van der Waals surface area contributed by atoms with Crippen LogP contribution in [-0.4, -0.2) is 46.4 Å². The molecule has 6 heteroatoms. The second-order valence-corrected chi connectivity index (χ2v) is 6.14. The van der Waals surface area contributed by atoms with Gasteiger partial charge in [-0.2, -0.15) is 0 Å². The molecular weight excluding hydrogens is 272 g/mol. The Hall–Kier alpha value is -1.95. The van der Waals surface area contributed by atoms with Crippen LogP contribution in [0, 0.1) is 0 Å². The highest BCUT2D eigenvalue weighted by Gasteiger charge is 2.32. The number of carbonyl (C=O) groups is 1. The number of amides is 1. The first-order chi connectivity index (χ1) is 9.78. The fourth-order valence-electron chi connectivity index (χ4n) is 2.33. The molecule has 6 nitrogen and oxygen atoms in total. The van der Waals surface area contributed by atoms with Gasteiger partial charge >= 0.3 is 6.09 Å². The lowest BCUT2D eigenvalue weighted by atomic mass is 10.0. The lowest BCUT2D eigenvalue weighted by molar-refractivity contribution is 0.0116. The highest BCUT2D eigenvalue weighted by molar-refractivity contribution is 5.69. The molecule has 0 bridgehead atoms. The number of hydrogen-bond acceptors (Lipinski definition) is 5. The number of benzene rings is 1. The number of hydrogen-bond donors (Lipinski definition) is 3. The summed E-state index contributed by atoms with van der Waals surface area (Å²) in [5, 5.41) is 22.8. The number of phenolic OH excluding ortho intramolecular Hbond substituents is 2. The zero-order valence-corrected chi connectivity index (χ0v) is 12.6.